The Morgan fingerprint density at radius 2 is 1.38 bits per heavy atom. The summed E-state index contributed by atoms with van der Waals surface area (Å²) in [6, 6.07) is 20.5. The van der Waals surface area contributed by atoms with Crippen molar-refractivity contribution in [3.8, 4) is 0 Å². The Kier molecular flexibility index (Phi) is 4.60. The molecule has 0 heterocycles. The van der Waals surface area contributed by atoms with Crippen molar-refractivity contribution in [2.45, 2.75) is 43.9 Å². The van der Waals surface area contributed by atoms with E-state index in [0.717, 1.165) is 18.1 Å². The monoisotopic (exact) mass is 298 g/mol. The minimum absolute atomic E-state index is 0.369. The summed E-state index contributed by atoms with van der Waals surface area (Å²) < 4.78 is 13.9. The van der Waals surface area contributed by atoms with E-state index >= 15 is 0 Å². The molecule has 21 heavy (non-hydrogen) atoms. The summed E-state index contributed by atoms with van der Waals surface area (Å²) in [4.78, 5) is 0. The van der Waals surface area contributed by atoms with Gasteiger partial charge in [0.15, 0.2) is 0 Å². The molecule has 0 aliphatic heterocycles. The highest BCUT2D eigenvalue weighted by Gasteiger charge is 2.35. The van der Waals surface area contributed by atoms with Gasteiger partial charge in [-0.2, -0.15) is 0 Å². The van der Waals surface area contributed by atoms with E-state index < -0.39 is 7.14 Å². The zero-order chi connectivity index (χ0) is 14.5. The van der Waals surface area contributed by atoms with E-state index in [-0.39, 0.29) is 0 Å². The number of benzene rings is 2. The second-order valence-corrected chi connectivity index (χ2v) is 9.22. The Balaban J connectivity index is 1.96. The van der Waals surface area contributed by atoms with Crippen LogP contribution in [0.2, 0.25) is 0 Å². The van der Waals surface area contributed by atoms with Crippen LogP contribution in [0.5, 0.6) is 0 Å². The van der Waals surface area contributed by atoms with Gasteiger partial charge in [-0.15, -0.1) is 0 Å². The van der Waals surface area contributed by atoms with Crippen LogP contribution in [0, 0.1) is 0 Å². The largest absolute Gasteiger partial charge is 0.318 e. The molecule has 1 atom stereocenters. The first-order valence-electron chi connectivity index (χ1n) is 7.97. The summed E-state index contributed by atoms with van der Waals surface area (Å²) >= 11 is 0. The molecular weight excluding hydrogens is 275 g/mol. The van der Waals surface area contributed by atoms with Crippen LogP contribution in [0.15, 0.2) is 60.7 Å². The first-order valence-corrected chi connectivity index (χ1v) is 9.93. The standard InChI is InChI=1S/C19H23OP/c20-21(18-12-6-2-7-13-18,19-14-8-3-9-15-19)16-17-10-4-1-5-11-17/h1-2,4-7,10-13,19H,3,8-9,14-16H2. The molecule has 3 rings (SSSR count). The maximum Gasteiger partial charge on any atom is 0.122 e. The first-order chi connectivity index (χ1) is 10.3. The molecule has 0 N–H and O–H groups in total. The van der Waals surface area contributed by atoms with Crippen LogP contribution < -0.4 is 5.30 Å². The number of hydrogen-bond acceptors (Lipinski definition) is 1. The van der Waals surface area contributed by atoms with Crippen molar-refractivity contribution in [1.82, 2.24) is 0 Å². The normalized spacial score (nSPS) is 19.0. The van der Waals surface area contributed by atoms with Crippen LogP contribution in [0.1, 0.15) is 37.7 Å². The summed E-state index contributed by atoms with van der Waals surface area (Å²) in [5.74, 6) is 0. The molecule has 110 valence electrons. The van der Waals surface area contributed by atoms with Gasteiger partial charge in [-0.3, -0.25) is 0 Å². The fraction of sp³-hybridized carbons (Fsp3) is 0.368. The third kappa shape index (κ3) is 3.30. The Morgan fingerprint density at radius 1 is 0.810 bits per heavy atom. The molecular formula is C19H23OP. The fourth-order valence-electron chi connectivity index (χ4n) is 3.46. The van der Waals surface area contributed by atoms with Crippen molar-refractivity contribution < 1.29 is 4.57 Å². The van der Waals surface area contributed by atoms with Crippen molar-refractivity contribution in [1.29, 1.82) is 0 Å². The van der Waals surface area contributed by atoms with Gasteiger partial charge in [0.25, 0.3) is 0 Å². The van der Waals surface area contributed by atoms with Gasteiger partial charge in [0.2, 0.25) is 0 Å². The SMILES string of the molecule is O=P(Cc1ccccc1)(c1ccccc1)C1CCCCC1. The smallest absolute Gasteiger partial charge is 0.122 e. The molecule has 1 saturated carbocycles. The maximum absolute atomic E-state index is 13.9. The topological polar surface area (TPSA) is 17.1 Å². The summed E-state index contributed by atoms with van der Waals surface area (Å²) in [5.41, 5.74) is 1.57. The lowest BCUT2D eigenvalue weighted by atomic mass is 10.0. The van der Waals surface area contributed by atoms with Crippen LogP contribution >= 0.6 is 7.14 Å². The van der Waals surface area contributed by atoms with E-state index in [1.807, 2.05) is 36.4 Å². The summed E-state index contributed by atoms with van der Waals surface area (Å²) in [6.07, 6.45) is 6.73. The van der Waals surface area contributed by atoms with Gasteiger partial charge in [-0.05, 0) is 18.4 Å². The maximum atomic E-state index is 13.9. The lowest BCUT2D eigenvalue weighted by molar-refractivity contribution is 0.486. The zero-order valence-electron chi connectivity index (χ0n) is 12.4. The van der Waals surface area contributed by atoms with Crippen molar-refractivity contribution in [2.75, 3.05) is 0 Å². The van der Waals surface area contributed by atoms with E-state index in [1.54, 1.807) is 0 Å². The molecule has 1 fully saturated rings. The van der Waals surface area contributed by atoms with Crippen molar-refractivity contribution in [2.24, 2.45) is 0 Å². The Morgan fingerprint density at radius 3 is 2.00 bits per heavy atom. The summed E-state index contributed by atoms with van der Waals surface area (Å²) in [6.45, 7) is 0. The Bertz CT molecular complexity index is 600. The fourth-order valence-corrected chi connectivity index (χ4v) is 6.96. The molecule has 2 heteroatoms. The quantitative estimate of drug-likeness (QED) is 0.708. The molecule has 0 saturated heterocycles. The van der Waals surface area contributed by atoms with Crippen LogP contribution in [-0.2, 0) is 10.7 Å². The van der Waals surface area contributed by atoms with E-state index in [2.05, 4.69) is 24.3 Å². The minimum Gasteiger partial charge on any atom is -0.318 e. The van der Waals surface area contributed by atoms with Gasteiger partial charge in [0.1, 0.15) is 7.14 Å². The third-order valence-electron chi connectivity index (χ3n) is 4.62. The van der Waals surface area contributed by atoms with E-state index in [0.29, 0.717) is 11.8 Å². The average Bonchev–Trinajstić information content (AvgIpc) is 2.57. The number of hydrogen-bond donors (Lipinski definition) is 0. The van der Waals surface area contributed by atoms with Gasteiger partial charge in [0.05, 0.1) is 0 Å². The molecule has 0 spiro atoms. The van der Waals surface area contributed by atoms with Gasteiger partial charge in [-0.1, -0.05) is 79.9 Å². The van der Waals surface area contributed by atoms with E-state index in [4.69, 9.17) is 0 Å². The van der Waals surface area contributed by atoms with Crippen molar-refractivity contribution in [3.63, 3.8) is 0 Å². The summed E-state index contributed by atoms with van der Waals surface area (Å²) in [7, 11) is -2.37. The molecule has 1 nitrogen and oxygen atoms in total. The van der Waals surface area contributed by atoms with Gasteiger partial charge >= 0.3 is 0 Å². The lowest BCUT2D eigenvalue weighted by Crippen LogP contribution is -2.21. The van der Waals surface area contributed by atoms with Crippen LogP contribution in [0.4, 0.5) is 0 Å². The van der Waals surface area contributed by atoms with Gasteiger partial charge < -0.3 is 4.57 Å². The van der Waals surface area contributed by atoms with Gasteiger partial charge in [-0.25, -0.2) is 0 Å². The highest BCUT2D eigenvalue weighted by atomic mass is 31.2. The summed E-state index contributed by atoms with van der Waals surface area (Å²) in [5, 5.41) is 1.07. The molecule has 2 aromatic carbocycles. The highest BCUT2D eigenvalue weighted by Crippen LogP contribution is 2.56. The predicted octanol–water partition coefficient (Wildman–Crippen LogP) is 5.21. The second kappa shape index (κ2) is 6.62. The molecule has 0 aromatic heterocycles. The third-order valence-corrected chi connectivity index (χ3v) is 8.32. The first kappa shape index (κ1) is 14.6. The Labute approximate surface area is 127 Å². The van der Waals surface area contributed by atoms with Crippen LogP contribution in [0.25, 0.3) is 0 Å². The highest BCUT2D eigenvalue weighted by molar-refractivity contribution is 7.71. The van der Waals surface area contributed by atoms with E-state index in [9.17, 15) is 4.57 Å². The predicted molar refractivity (Wildman–Crippen MR) is 90.7 cm³/mol. The number of rotatable bonds is 4. The molecule has 0 amide bonds. The molecule has 1 aliphatic carbocycles. The molecule has 0 radical (unpaired) electrons. The van der Waals surface area contributed by atoms with E-state index in [1.165, 1.54) is 24.8 Å². The average molecular weight is 298 g/mol. The zero-order valence-corrected chi connectivity index (χ0v) is 13.3. The van der Waals surface area contributed by atoms with Crippen LogP contribution in [-0.4, -0.2) is 5.66 Å². The van der Waals surface area contributed by atoms with Crippen molar-refractivity contribution in [3.05, 3.63) is 66.2 Å². The minimum atomic E-state index is -2.37. The molecule has 2 aromatic rings. The van der Waals surface area contributed by atoms with Gasteiger partial charge in [0, 0.05) is 17.1 Å². The second-order valence-electron chi connectivity index (χ2n) is 6.07. The molecule has 1 aliphatic rings. The lowest BCUT2D eigenvalue weighted by Gasteiger charge is -2.31. The molecule has 0 bridgehead atoms. The van der Waals surface area contributed by atoms with Crippen molar-refractivity contribution >= 4 is 12.4 Å². The van der Waals surface area contributed by atoms with Crippen LogP contribution in [0.3, 0.4) is 0 Å². The molecule has 1 unspecified atom stereocenters. The Hall–Kier alpha value is -1.33.